The topological polar surface area (TPSA) is 104 Å². The molecule has 2 heterocycles. The highest BCUT2D eigenvalue weighted by Crippen LogP contribution is 2.16. The second-order valence-corrected chi connectivity index (χ2v) is 3.81. The number of piperazine rings is 1. The fraction of sp³-hybridized carbons (Fsp3) is 0.500. The summed E-state index contributed by atoms with van der Waals surface area (Å²) in [5, 5.41) is 10.4. The molecular weight excluding hydrogens is 279 g/mol. The van der Waals surface area contributed by atoms with Gasteiger partial charge in [0.15, 0.2) is 11.6 Å². The number of aliphatic carboxylic acids is 1. The molecule has 0 unspecified atom stereocenters. The Balaban J connectivity index is 0.000000246. The Morgan fingerprint density at radius 1 is 1.30 bits per heavy atom. The fourth-order valence-corrected chi connectivity index (χ4v) is 1.46. The Morgan fingerprint density at radius 2 is 1.80 bits per heavy atom. The van der Waals surface area contributed by atoms with Gasteiger partial charge in [0.05, 0.1) is 0 Å². The number of hydrogen-bond donors (Lipinski definition) is 3. The van der Waals surface area contributed by atoms with E-state index in [1.54, 1.807) is 12.4 Å². The Bertz CT molecular complexity index is 449. The molecule has 2 rings (SSSR count). The van der Waals surface area contributed by atoms with Crippen molar-refractivity contribution in [2.75, 3.05) is 36.8 Å². The van der Waals surface area contributed by atoms with Gasteiger partial charge >= 0.3 is 12.1 Å². The monoisotopic (exact) mass is 293 g/mol. The van der Waals surface area contributed by atoms with E-state index in [0.717, 1.165) is 32.0 Å². The maximum Gasteiger partial charge on any atom is 0.490 e. The molecule has 1 aromatic heterocycles. The summed E-state index contributed by atoms with van der Waals surface area (Å²) in [6.45, 7) is 3.86. The number of rotatable bonds is 1. The Kier molecular flexibility index (Phi) is 5.50. The van der Waals surface area contributed by atoms with Gasteiger partial charge in [0.2, 0.25) is 0 Å². The Hall–Kier alpha value is -2.10. The second-order valence-electron chi connectivity index (χ2n) is 3.81. The molecule has 0 aliphatic carbocycles. The summed E-state index contributed by atoms with van der Waals surface area (Å²) in [6, 6.07) is 0. The highest BCUT2D eigenvalue weighted by atomic mass is 19.4. The van der Waals surface area contributed by atoms with Crippen LogP contribution in [0.1, 0.15) is 0 Å². The van der Waals surface area contributed by atoms with E-state index in [1.807, 2.05) is 0 Å². The summed E-state index contributed by atoms with van der Waals surface area (Å²) in [6.07, 6.45) is -1.80. The van der Waals surface area contributed by atoms with Crippen LogP contribution in [0.5, 0.6) is 0 Å². The lowest BCUT2D eigenvalue weighted by molar-refractivity contribution is -0.192. The first kappa shape index (κ1) is 16.0. The molecule has 0 atom stereocenters. The normalized spacial score (nSPS) is 15.2. The third-order valence-electron chi connectivity index (χ3n) is 2.37. The predicted molar refractivity (Wildman–Crippen MR) is 65.2 cm³/mol. The molecule has 10 heteroatoms. The van der Waals surface area contributed by atoms with Crippen LogP contribution in [0, 0.1) is 0 Å². The molecule has 0 saturated carbocycles. The number of carbonyl (C=O) groups is 1. The average molecular weight is 293 g/mol. The Morgan fingerprint density at radius 3 is 2.25 bits per heavy atom. The van der Waals surface area contributed by atoms with Crippen molar-refractivity contribution in [3.63, 3.8) is 0 Å². The van der Waals surface area contributed by atoms with Gasteiger partial charge < -0.3 is 21.1 Å². The SMILES string of the molecule is Nc1nccnc1N1CCNCC1.O=C(O)C(F)(F)F. The molecule has 0 spiro atoms. The van der Waals surface area contributed by atoms with Crippen molar-refractivity contribution in [2.24, 2.45) is 0 Å². The van der Waals surface area contributed by atoms with Crippen LogP contribution < -0.4 is 16.0 Å². The average Bonchev–Trinajstić information content (AvgIpc) is 2.40. The maximum atomic E-state index is 10.6. The molecule has 1 saturated heterocycles. The summed E-state index contributed by atoms with van der Waals surface area (Å²) < 4.78 is 31.7. The molecule has 4 N–H and O–H groups in total. The van der Waals surface area contributed by atoms with Crippen molar-refractivity contribution in [2.45, 2.75) is 6.18 Å². The van der Waals surface area contributed by atoms with Gasteiger partial charge in [0.25, 0.3) is 0 Å². The molecule has 0 amide bonds. The van der Waals surface area contributed by atoms with Crippen LogP contribution in [0.3, 0.4) is 0 Å². The van der Waals surface area contributed by atoms with E-state index < -0.39 is 12.1 Å². The Labute approximate surface area is 112 Å². The minimum absolute atomic E-state index is 0.518. The van der Waals surface area contributed by atoms with Crippen LogP contribution in [-0.2, 0) is 4.79 Å². The van der Waals surface area contributed by atoms with Crippen LogP contribution in [0.4, 0.5) is 24.8 Å². The lowest BCUT2D eigenvalue weighted by Crippen LogP contribution is -2.44. The van der Waals surface area contributed by atoms with Gasteiger partial charge in [-0.1, -0.05) is 0 Å². The van der Waals surface area contributed by atoms with Gasteiger partial charge in [-0.05, 0) is 0 Å². The van der Waals surface area contributed by atoms with Gasteiger partial charge in [0, 0.05) is 38.6 Å². The largest absolute Gasteiger partial charge is 0.490 e. The summed E-state index contributed by atoms with van der Waals surface area (Å²) >= 11 is 0. The molecule has 1 aromatic rings. The highest BCUT2D eigenvalue weighted by Gasteiger charge is 2.38. The van der Waals surface area contributed by atoms with Crippen LogP contribution in [0.25, 0.3) is 0 Å². The quantitative estimate of drug-likeness (QED) is 0.674. The van der Waals surface area contributed by atoms with E-state index in [4.69, 9.17) is 15.6 Å². The van der Waals surface area contributed by atoms with Crippen molar-refractivity contribution in [3.8, 4) is 0 Å². The molecule has 1 aliphatic rings. The van der Waals surface area contributed by atoms with Crippen LogP contribution >= 0.6 is 0 Å². The highest BCUT2D eigenvalue weighted by molar-refractivity contribution is 5.73. The van der Waals surface area contributed by atoms with Gasteiger partial charge in [-0.25, -0.2) is 14.8 Å². The molecule has 1 fully saturated rings. The number of carboxylic acid groups (broad SMARTS) is 1. The number of alkyl halides is 3. The zero-order valence-corrected chi connectivity index (χ0v) is 10.4. The summed E-state index contributed by atoms with van der Waals surface area (Å²) in [5.74, 6) is -1.43. The zero-order valence-electron chi connectivity index (χ0n) is 10.4. The number of anilines is 2. The molecule has 0 bridgehead atoms. The molecule has 112 valence electrons. The van der Waals surface area contributed by atoms with E-state index in [-0.39, 0.29) is 0 Å². The number of nitrogens with two attached hydrogens (primary N) is 1. The van der Waals surface area contributed by atoms with E-state index in [0.29, 0.717) is 5.82 Å². The maximum absolute atomic E-state index is 10.6. The van der Waals surface area contributed by atoms with Crippen molar-refractivity contribution in [3.05, 3.63) is 12.4 Å². The first-order valence-electron chi connectivity index (χ1n) is 5.64. The number of nitrogens with one attached hydrogen (secondary N) is 1. The third-order valence-corrected chi connectivity index (χ3v) is 2.37. The zero-order chi connectivity index (χ0) is 15.2. The van der Waals surface area contributed by atoms with Gasteiger partial charge in [0.1, 0.15) is 0 Å². The van der Waals surface area contributed by atoms with Crippen molar-refractivity contribution in [1.29, 1.82) is 0 Å². The van der Waals surface area contributed by atoms with E-state index in [1.165, 1.54) is 0 Å². The minimum Gasteiger partial charge on any atom is -0.475 e. The van der Waals surface area contributed by atoms with E-state index in [9.17, 15) is 13.2 Å². The van der Waals surface area contributed by atoms with Gasteiger partial charge in [-0.3, -0.25) is 0 Å². The summed E-state index contributed by atoms with van der Waals surface area (Å²) in [7, 11) is 0. The van der Waals surface area contributed by atoms with Crippen molar-refractivity contribution in [1.82, 2.24) is 15.3 Å². The van der Waals surface area contributed by atoms with Crippen molar-refractivity contribution < 1.29 is 23.1 Å². The fourth-order valence-electron chi connectivity index (χ4n) is 1.46. The van der Waals surface area contributed by atoms with E-state index in [2.05, 4.69) is 20.2 Å². The molecule has 7 nitrogen and oxygen atoms in total. The number of nitrogen functional groups attached to an aromatic ring is 1. The molecule has 20 heavy (non-hydrogen) atoms. The van der Waals surface area contributed by atoms with E-state index >= 15 is 0 Å². The van der Waals surface area contributed by atoms with Crippen molar-refractivity contribution >= 4 is 17.6 Å². The van der Waals surface area contributed by atoms with Crippen LogP contribution in [0.2, 0.25) is 0 Å². The number of hydrogen-bond acceptors (Lipinski definition) is 6. The second kappa shape index (κ2) is 6.89. The molecule has 1 aliphatic heterocycles. The number of nitrogens with zero attached hydrogens (tertiary/aromatic N) is 3. The van der Waals surface area contributed by atoms with Gasteiger partial charge in [-0.2, -0.15) is 13.2 Å². The lowest BCUT2D eigenvalue weighted by atomic mass is 10.3. The first-order valence-corrected chi connectivity index (χ1v) is 5.64. The first-order chi connectivity index (χ1) is 9.32. The lowest BCUT2D eigenvalue weighted by Gasteiger charge is -2.28. The van der Waals surface area contributed by atoms with Gasteiger partial charge in [-0.15, -0.1) is 0 Å². The number of aromatic nitrogens is 2. The van der Waals surface area contributed by atoms with Crippen LogP contribution in [-0.4, -0.2) is 53.4 Å². The minimum atomic E-state index is -5.08. The standard InChI is InChI=1S/C8H13N5.C2HF3O2/c9-7-8(12-2-1-11-7)13-5-3-10-4-6-13;3-2(4,5)1(6)7/h1-2,10H,3-6H2,(H2,9,11);(H,6,7). The molecular formula is C10H14F3N5O2. The summed E-state index contributed by atoms with van der Waals surface area (Å²) in [4.78, 5) is 19.3. The molecule has 0 aromatic carbocycles. The summed E-state index contributed by atoms with van der Waals surface area (Å²) in [5.41, 5.74) is 5.72. The smallest absolute Gasteiger partial charge is 0.475 e. The predicted octanol–water partition coefficient (Wildman–Crippen LogP) is 0.102. The van der Waals surface area contributed by atoms with Crippen LogP contribution in [0.15, 0.2) is 12.4 Å². The third kappa shape index (κ3) is 4.88. The molecule has 0 radical (unpaired) electrons. The number of carboxylic acids is 1. The number of halogens is 3.